The Morgan fingerprint density at radius 2 is 1.67 bits per heavy atom. The highest BCUT2D eigenvalue weighted by Crippen LogP contribution is 2.14. The predicted molar refractivity (Wildman–Crippen MR) is 85.0 cm³/mol. The van der Waals surface area contributed by atoms with Gasteiger partial charge < -0.3 is 0 Å². The lowest BCUT2D eigenvalue weighted by atomic mass is 10.0. The molecule has 0 amide bonds. The third kappa shape index (κ3) is 12.0. The van der Waals surface area contributed by atoms with Gasteiger partial charge in [-0.2, -0.15) is 0 Å². The minimum absolute atomic E-state index is 0.822. The van der Waals surface area contributed by atoms with Crippen molar-refractivity contribution in [3.8, 4) is 0 Å². The van der Waals surface area contributed by atoms with Gasteiger partial charge in [0.15, 0.2) is 0 Å². The average Bonchev–Trinajstić information content (AvgIpc) is 2.34. The summed E-state index contributed by atoms with van der Waals surface area (Å²) in [5.41, 5.74) is 1.57. The lowest BCUT2D eigenvalue weighted by Gasteiger charge is -2.03. The third-order valence-electron chi connectivity index (χ3n) is 3.28. The van der Waals surface area contributed by atoms with Crippen LogP contribution < -0.4 is 0 Å². The molecule has 0 heterocycles. The number of rotatable bonds is 11. The van der Waals surface area contributed by atoms with Gasteiger partial charge in [0.05, 0.1) is 0 Å². The fourth-order valence-corrected chi connectivity index (χ4v) is 1.99. The summed E-state index contributed by atoms with van der Waals surface area (Å²) in [4.78, 5) is 0. The summed E-state index contributed by atoms with van der Waals surface area (Å²) in [5.74, 6) is 0.822. The molecule has 0 atom stereocenters. The van der Waals surface area contributed by atoms with Gasteiger partial charge >= 0.3 is 0 Å². The molecular formula is C18H34. The molecule has 106 valence electrons. The first-order valence-corrected chi connectivity index (χ1v) is 8.06. The van der Waals surface area contributed by atoms with Crippen LogP contribution >= 0.6 is 0 Å². The molecule has 0 saturated heterocycles. The summed E-state index contributed by atoms with van der Waals surface area (Å²) in [7, 11) is 0. The van der Waals surface area contributed by atoms with Crippen molar-refractivity contribution in [2.45, 2.75) is 85.5 Å². The lowest BCUT2D eigenvalue weighted by molar-refractivity contribution is 0.594. The van der Waals surface area contributed by atoms with Crippen LogP contribution in [0.15, 0.2) is 23.8 Å². The molecule has 0 aliphatic rings. The summed E-state index contributed by atoms with van der Waals surface area (Å²) in [6.45, 7) is 9.14. The minimum atomic E-state index is 0.822. The van der Waals surface area contributed by atoms with E-state index < -0.39 is 0 Å². The Kier molecular flexibility index (Phi) is 12.6. The summed E-state index contributed by atoms with van der Waals surface area (Å²) in [6.07, 6.45) is 19.0. The SMILES string of the molecule is CCCCC=C(C=CCCC(C)C)CCCCC. The Labute approximate surface area is 116 Å². The monoisotopic (exact) mass is 250 g/mol. The first kappa shape index (κ1) is 17.5. The highest BCUT2D eigenvalue weighted by molar-refractivity contribution is 5.18. The van der Waals surface area contributed by atoms with Crippen molar-refractivity contribution in [2.24, 2.45) is 5.92 Å². The normalized spacial score (nSPS) is 12.8. The van der Waals surface area contributed by atoms with Gasteiger partial charge in [0.25, 0.3) is 0 Å². The van der Waals surface area contributed by atoms with Gasteiger partial charge in [-0.25, -0.2) is 0 Å². The quantitative estimate of drug-likeness (QED) is 0.283. The second kappa shape index (κ2) is 12.9. The second-order valence-electron chi connectivity index (χ2n) is 5.75. The fourth-order valence-electron chi connectivity index (χ4n) is 1.99. The van der Waals surface area contributed by atoms with Gasteiger partial charge in [-0.3, -0.25) is 0 Å². The molecule has 18 heavy (non-hydrogen) atoms. The maximum Gasteiger partial charge on any atom is -0.0282 e. The van der Waals surface area contributed by atoms with E-state index in [1.807, 2.05) is 0 Å². The van der Waals surface area contributed by atoms with Crippen LogP contribution in [0.2, 0.25) is 0 Å². The number of allylic oxidation sites excluding steroid dienone is 4. The molecule has 0 aromatic carbocycles. The van der Waals surface area contributed by atoms with E-state index in [0.717, 1.165) is 5.92 Å². The van der Waals surface area contributed by atoms with Gasteiger partial charge in [0.1, 0.15) is 0 Å². The zero-order valence-corrected chi connectivity index (χ0v) is 13.2. The maximum absolute atomic E-state index is 2.46. The minimum Gasteiger partial charge on any atom is -0.0843 e. The Hall–Kier alpha value is -0.520. The zero-order chi connectivity index (χ0) is 13.6. The first-order valence-electron chi connectivity index (χ1n) is 8.06. The smallest absolute Gasteiger partial charge is 0.0282 e. The molecule has 0 aromatic rings. The van der Waals surface area contributed by atoms with E-state index in [1.165, 1.54) is 57.8 Å². The van der Waals surface area contributed by atoms with Gasteiger partial charge in [-0.15, -0.1) is 0 Å². The molecule has 0 rings (SSSR count). The van der Waals surface area contributed by atoms with Crippen molar-refractivity contribution >= 4 is 0 Å². The van der Waals surface area contributed by atoms with Crippen LogP contribution in [0, 0.1) is 5.92 Å². The summed E-state index contributed by atoms with van der Waals surface area (Å²) >= 11 is 0. The van der Waals surface area contributed by atoms with Crippen LogP contribution in [0.4, 0.5) is 0 Å². The van der Waals surface area contributed by atoms with Crippen LogP contribution in [0.5, 0.6) is 0 Å². The molecule has 0 heteroatoms. The largest absolute Gasteiger partial charge is 0.0843 e. The van der Waals surface area contributed by atoms with Crippen molar-refractivity contribution < 1.29 is 0 Å². The third-order valence-corrected chi connectivity index (χ3v) is 3.28. The molecule has 0 aromatic heterocycles. The van der Waals surface area contributed by atoms with Crippen LogP contribution in [0.3, 0.4) is 0 Å². The van der Waals surface area contributed by atoms with Crippen molar-refractivity contribution in [2.75, 3.05) is 0 Å². The predicted octanol–water partition coefficient (Wildman–Crippen LogP) is 6.68. The average molecular weight is 250 g/mol. The zero-order valence-electron chi connectivity index (χ0n) is 13.2. The van der Waals surface area contributed by atoms with E-state index in [0.29, 0.717) is 0 Å². The fraction of sp³-hybridized carbons (Fsp3) is 0.778. The topological polar surface area (TPSA) is 0 Å². The lowest BCUT2D eigenvalue weighted by Crippen LogP contribution is -1.85. The van der Waals surface area contributed by atoms with Crippen LogP contribution in [0.25, 0.3) is 0 Å². The van der Waals surface area contributed by atoms with Gasteiger partial charge in [-0.05, 0) is 38.0 Å². The molecule has 0 N–H and O–H groups in total. The molecule has 0 nitrogen and oxygen atoms in total. The van der Waals surface area contributed by atoms with Crippen LogP contribution in [-0.2, 0) is 0 Å². The van der Waals surface area contributed by atoms with Gasteiger partial charge in [0.2, 0.25) is 0 Å². The van der Waals surface area contributed by atoms with E-state index in [2.05, 4.69) is 45.9 Å². The number of unbranched alkanes of at least 4 members (excludes halogenated alkanes) is 4. The van der Waals surface area contributed by atoms with Crippen molar-refractivity contribution in [3.63, 3.8) is 0 Å². The van der Waals surface area contributed by atoms with E-state index >= 15 is 0 Å². The Balaban J connectivity index is 4.05. The Morgan fingerprint density at radius 3 is 2.28 bits per heavy atom. The molecule has 0 spiro atoms. The molecular weight excluding hydrogens is 216 g/mol. The molecule has 0 saturated carbocycles. The summed E-state index contributed by atoms with van der Waals surface area (Å²) < 4.78 is 0. The van der Waals surface area contributed by atoms with Crippen molar-refractivity contribution in [1.29, 1.82) is 0 Å². The van der Waals surface area contributed by atoms with Gasteiger partial charge in [0, 0.05) is 0 Å². The van der Waals surface area contributed by atoms with E-state index in [1.54, 1.807) is 5.57 Å². The van der Waals surface area contributed by atoms with Crippen molar-refractivity contribution in [3.05, 3.63) is 23.8 Å². The second-order valence-corrected chi connectivity index (χ2v) is 5.75. The maximum atomic E-state index is 2.46. The van der Waals surface area contributed by atoms with Crippen molar-refractivity contribution in [1.82, 2.24) is 0 Å². The molecule has 0 fully saturated rings. The highest BCUT2D eigenvalue weighted by atomic mass is 14.0. The Bertz CT molecular complexity index is 220. The molecule has 0 aliphatic carbocycles. The van der Waals surface area contributed by atoms with Crippen LogP contribution in [-0.4, -0.2) is 0 Å². The highest BCUT2D eigenvalue weighted by Gasteiger charge is 1.94. The number of hydrogen-bond acceptors (Lipinski definition) is 0. The first-order chi connectivity index (χ1) is 8.70. The van der Waals surface area contributed by atoms with Gasteiger partial charge in [-0.1, -0.05) is 77.2 Å². The standard InChI is InChI=1S/C18H34/c1-5-7-9-14-18(15-10-8-6-2)16-12-11-13-17(3)4/h12,14,16-17H,5-11,13,15H2,1-4H3. The molecule has 0 bridgehead atoms. The van der Waals surface area contributed by atoms with E-state index in [-0.39, 0.29) is 0 Å². The molecule has 0 aliphatic heterocycles. The summed E-state index contributed by atoms with van der Waals surface area (Å²) in [6, 6.07) is 0. The number of hydrogen-bond donors (Lipinski definition) is 0. The van der Waals surface area contributed by atoms with E-state index in [4.69, 9.17) is 0 Å². The van der Waals surface area contributed by atoms with E-state index in [9.17, 15) is 0 Å². The molecule has 0 unspecified atom stereocenters. The summed E-state index contributed by atoms with van der Waals surface area (Å²) in [5, 5.41) is 0. The Morgan fingerprint density at radius 1 is 0.944 bits per heavy atom. The molecule has 0 radical (unpaired) electrons. The van der Waals surface area contributed by atoms with Crippen LogP contribution in [0.1, 0.15) is 85.5 Å².